The molecule has 0 saturated carbocycles. The van der Waals surface area contributed by atoms with Crippen LogP contribution in [0.4, 0.5) is 0 Å². The first-order valence-corrected chi connectivity index (χ1v) is 8.34. The summed E-state index contributed by atoms with van der Waals surface area (Å²) in [6, 6.07) is 6.67. The van der Waals surface area contributed by atoms with Crippen LogP contribution < -0.4 is 10.0 Å². The van der Waals surface area contributed by atoms with Gasteiger partial charge in [-0.2, -0.15) is 0 Å². The molecule has 2 rings (SSSR count). The number of hydrogen-bond donors (Lipinski definition) is 2. The number of halogens is 1. The number of hydrogen-bond acceptors (Lipinski definition) is 3. The summed E-state index contributed by atoms with van der Waals surface area (Å²) in [6.07, 6.45) is 3.06. The third-order valence-corrected chi connectivity index (χ3v) is 5.06. The van der Waals surface area contributed by atoms with Crippen molar-refractivity contribution in [1.82, 2.24) is 10.0 Å². The molecule has 1 saturated heterocycles. The van der Waals surface area contributed by atoms with Crippen molar-refractivity contribution in [2.45, 2.75) is 30.2 Å². The smallest absolute Gasteiger partial charge is 0.240 e. The Hall–Kier alpha value is -0.430. The lowest BCUT2D eigenvalue weighted by atomic mass is 10.2. The van der Waals surface area contributed by atoms with Crippen molar-refractivity contribution < 1.29 is 8.42 Å². The Balaban J connectivity index is 2.08. The number of rotatable bonds is 3. The number of sulfonamides is 1. The van der Waals surface area contributed by atoms with E-state index in [0.29, 0.717) is 11.4 Å². The Bertz CT molecular complexity index is 479. The van der Waals surface area contributed by atoms with Gasteiger partial charge < -0.3 is 5.32 Å². The Morgan fingerprint density at radius 2 is 1.94 bits per heavy atom. The average molecular weight is 333 g/mol. The van der Waals surface area contributed by atoms with Crippen LogP contribution in [0.25, 0.3) is 0 Å². The van der Waals surface area contributed by atoms with Crippen LogP contribution in [0.3, 0.4) is 0 Å². The van der Waals surface area contributed by atoms with Crippen LogP contribution in [0.5, 0.6) is 0 Å². The fourth-order valence-electron chi connectivity index (χ4n) is 2.02. The van der Waals surface area contributed by atoms with Crippen LogP contribution in [0.15, 0.2) is 33.6 Å². The molecule has 1 aromatic rings. The second kappa shape index (κ2) is 6.14. The van der Waals surface area contributed by atoms with Crippen LogP contribution >= 0.6 is 15.9 Å². The summed E-state index contributed by atoms with van der Waals surface area (Å²) < 4.78 is 28.0. The van der Waals surface area contributed by atoms with Crippen molar-refractivity contribution in [3.8, 4) is 0 Å². The summed E-state index contributed by atoms with van der Waals surface area (Å²) in [5, 5.41) is 3.25. The Morgan fingerprint density at radius 1 is 1.22 bits per heavy atom. The molecule has 0 aliphatic carbocycles. The van der Waals surface area contributed by atoms with E-state index >= 15 is 0 Å². The molecular formula is C12H17BrN2O2S. The van der Waals surface area contributed by atoms with E-state index in [1.54, 1.807) is 24.3 Å². The Kier molecular flexibility index (Phi) is 4.77. The van der Waals surface area contributed by atoms with Gasteiger partial charge in [-0.05, 0) is 43.7 Å². The van der Waals surface area contributed by atoms with Gasteiger partial charge >= 0.3 is 0 Å². The van der Waals surface area contributed by atoms with E-state index in [2.05, 4.69) is 26.0 Å². The van der Waals surface area contributed by atoms with E-state index in [-0.39, 0.29) is 6.04 Å². The average Bonchev–Trinajstić information content (AvgIpc) is 2.57. The third kappa shape index (κ3) is 3.78. The van der Waals surface area contributed by atoms with E-state index in [1.165, 1.54) is 0 Å². The predicted molar refractivity (Wildman–Crippen MR) is 75.0 cm³/mol. The standard InChI is InChI=1S/C12H17BrN2O2S/c13-10-4-6-12(7-5-10)18(16,17)15-11-3-1-2-8-14-9-11/h4-7,11,14-15H,1-3,8-9H2. The van der Waals surface area contributed by atoms with Gasteiger partial charge in [0.05, 0.1) is 4.90 Å². The zero-order valence-electron chi connectivity index (χ0n) is 10.0. The highest BCUT2D eigenvalue weighted by Crippen LogP contribution is 2.15. The van der Waals surface area contributed by atoms with E-state index < -0.39 is 10.0 Å². The van der Waals surface area contributed by atoms with Crippen LogP contribution in [0, 0.1) is 0 Å². The third-order valence-electron chi connectivity index (χ3n) is 2.99. The highest BCUT2D eigenvalue weighted by molar-refractivity contribution is 9.10. The summed E-state index contributed by atoms with van der Waals surface area (Å²) in [6.45, 7) is 1.67. The number of benzene rings is 1. The molecule has 0 aromatic heterocycles. The molecule has 0 bridgehead atoms. The monoisotopic (exact) mass is 332 g/mol. The minimum atomic E-state index is -3.40. The summed E-state index contributed by atoms with van der Waals surface area (Å²) in [7, 11) is -3.40. The quantitative estimate of drug-likeness (QED) is 0.888. The second-order valence-corrected chi connectivity index (χ2v) is 7.10. The largest absolute Gasteiger partial charge is 0.315 e. The predicted octanol–water partition coefficient (Wildman–Crippen LogP) is 1.87. The summed E-state index contributed by atoms with van der Waals surface area (Å²) >= 11 is 3.30. The fourth-order valence-corrected chi connectivity index (χ4v) is 3.56. The highest BCUT2D eigenvalue weighted by atomic mass is 79.9. The fraction of sp³-hybridized carbons (Fsp3) is 0.500. The zero-order valence-corrected chi connectivity index (χ0v) is 12.4. The van der Waals surface area contributed by atoms with Gasteiger partial charge in [0.2, 0.25) is 10.0 Å². The van der Waals surface area contributed by atoms with E-state index in [0.717, 1.165) is 30.3 Å². The molecule has 18 heavy (non-hydrogen) atoms. The molecule has 1 aromatic carbocycles. The van der Waals surface area contributed by atoms with Gasteiger partial charge in [0.1, 0.15) is 0 Å². The van der Waals surface area contributed by atoms with Crippen molar-refractivity contribution >= 4 is 26.0 Å². The van der Waals surface area contributed by atoms with Gasteiger partial charge in [0.15, 0.2) is 0 Å². The topological polar surface area (TPSA) is 58.2 Å². The molecule has 2 N–H and O–H groups in total. The molecule has 4 nitrogen and oxygen atoms in total. The first kappa shape index (κ1) is 14.0. The van der Waals surface area contributed by atoms with Gasteiger partial charge in [-0.3, -0.25) is 0 Å². The first-order valence-electron chi connectivity index (χ1n) is 6.06. The maximum atomic E-state index is 12.2. The zero-order chi connectivity index (χ0) is 13.0. The van der Waals surface area contributed by atoms with Gasteiger partial charge in [0, 0.05) is 17.1 Å². The molecule has 100 valence electrons. The molecular weight excluding hydrogens is 316 g/mol. The van der Waals surface area contributed by atoms with Crippen LogP contribution in [-0.4, -0.2) is 27.5 Å². The van der Waals surface area contributed by atoms with Gasteiger partial charge in [-0.15, -0.1) is 0 Å². The van der Waals surface area contributed by atoms with Crippen molar-refractivity contribution in [3.63, 3.8) is 0 Å². The SMILES string of the molecule is O=S(=O)(NC1CCCCNC1)c1ccc(Br)cc1. The minimum Gasteiger partial charge on any atom is -0.315 e. The first-order chi connectivity index (χ1) is 8.58. The van der Waals surface area contributed by atoms with E-state index in [1.807, 2.05) is 0 Å². The summed E-state index contributed by atoms with van der Waals surface area (Å²) in [5.41, 5.74) is 0. The second-order valence-electron chi connectivity index (χ2n) is 4.47. The van der Waals surface area contributed by atoms with Crippen LogP contribution in [-0.2, 0) is 10.0 Å². The molecule has 1 unspecified atom stereocenters. The lowest BCUT2D eigenvalue weighted by molar-refractivity contribution is 0.521. The van der Waals surface area contributed by atoms with E-state index in [9.17, 15) is 8.42 Å². The molecule has 0 amide bonds. The highest BCUT2D eigenvalue weighted by Gasteiger charge is 2.20. The molecule has 1 aliphatic rings. The van der Waals surface area contributed by atoms with Crippen LogP contribution in [0.1, 0.15) is 19.3 Å². The van der Waals surface area contributed by atoms with Crippen molar-refractivity contribution in [2.75, 3.05) is 13.1 Å². The molecule has 1 heterocycles. The van der Waals surface area contributed by atoms with Crippen LogP contribution in [0.2, 0.25) is 0 Å². The summed E-state index contributed by atoms with van der Waals surface area (Å²) in [4.78, 5) is 0.315. The van der Waals surface area contributed by atoms with Crippen molar-refractivity contribution in [1.29, 1.82) is 0 Å². The number of nitrogens with one attached hydrogen (secondary N) is 2. The maximum absolute atomic E-state index is 12.2. The van der Waals surface area contributed by atoms with Gasteiger partial charge in [-0.25, -0.2) is 13.1 Å². The lowest BCUT2D eigenvalue weighted by Crippen LogP contribution is -2.40. The summed E-state index contributed by atoms with van der Waals surface area (Å²) in [5.74, 6) is 0. The molecule has 0 radical (unpaired) electrons. The van der Waals surface area contributed by atoms with Gasteiger partial charge in [-0.1, -0.05) is 22.4 Å². The lowest BCUT2D eigenvalue weighted by Gasteiger charge is -2.16. The normalized spacial score (nSPS) is 21.5. The molecule has 6 heteroatoms. The Morgan fingerprint density at radius 3 is 2.67 bits per heavy atom. The molecule has 1 fully saturated rings. The van der Waals surface area contributed by atoms with E-state index in [4.69, 9.17) is 0 Å². The molecule has 0 spiro atoms. The maximum Gasteiger partial charge on any atom is 0.240 e. The molecule has 1 aliphatic heterocycles. The molecule has 1 atom stereocenters. The van der Waals surface area contributed by atoms with Crippen molar-refractivity contribution in [2.24, 2.45) is 0 Å². The van der Waals surface area contributed by atoms with Crippen molar-refractivity contribution in [3.05, 3.63) is 28.7 Å². The minimum absolute atomic E-state index is 0.0128. The van der Waals surface area contributed by atoms with Gasteiger partial charge in [0.25, 0.3) is 0 Å². The Labute approximate surface area is 116 Å².